The molecule has 0 aliphatic carbocycles. The lowest BCUT2D eigenvalue weighted by atomic mass is 10.0. The third kappa shape index (κ3) is 3.73. The topological polar surface area (TPSA) is 55.8 Å². The lowest BCUT2D eigenvalue weighted by molar-refractivity contribution is -0.187. The molecule has 26 heavy (non-hydrogen) atoms. The first-order chi connectivity index (χ1) is 12.1. The molecule has 1 heterocycles. The van der Waals surface area contributed by atoms with Gasteiger partial charge in [-0.25, -0.2) is 4.79 Å². The number of ether oxygens (including phenoxy) is 2. The van der Waals surface area contributed by atoms with Gasteiger partial charge >= 0.3 is 12.1 Å². The summed E-state index contributed by atoms with van der Waals surface area (Å²) in [7, 11) is 0. The molecular weight excluding hydrogens is 396 g/mol. The molecule has 0 spiro atoms. The van der Waals surface area contributed by atoms with Crippen LogP contribution in [0.1, 0.15) is 5.56 Å². The first-order valence-electron chi connectivity index (χ1n) is 7.10. The fraction of sp³-hybridized carbons (Fsp3) is 0.118. The van der Waals surface area contributed by atoms with Crippen molar-refractivity contribution in [2.24, 2.45) is 0 Å². The van der Waals surface area contributed by atoms with E-state index in [0.717, 1.165) is 6.08 Å². The maximum Gasteiger partial charge on any atom is 0.430 e. The predicted molar refractivity (Wildman–Crippen MR) is 89.1 cm³/mol. The molecule has 1 aliphatic heterocycles. The third-order valence-electron chi connectivity index (χ3n) is 3.47. The van der Waals surface area contributed by atoms with E-state index in [4.69, 9.17) is 37.8 Å². The van der Waals surface area contributed by atoms with Crippen LogP contribution in [0.5, 0.6) is 17.2 Å². The summed E-state index contributed by atoms with van der Waals surface area (Å²) in [6.07, 6.45) is -6.60. The van der Waals surface area contributed by atoms with Gasteiger partial charge in [-0.3, -0.25) is 0 Å². The summed E-state index contributed by atoms with van der Waals surface area (Å²) in [5, 5.41) is 9.49. The van der Waals surface area contributed by atoms with Crippen LogP contribution in [0.25, 0.3) is 6.08 Å². The summed E-state index contributed by atoms with van der Waals surface area (Å²) in [5.74, 6) is -1.56. The van der Waals surface area contributed by atoms with E-state index in [-0.39, 0.29) is 22.1 Å². The Morgan fingerprint density at radius 2 is 1.92 bits per heavy atom. The molecule has 2 aromatic rings. The Hall–Kier alpha value is -2.38. The van der Waals surface area contributed by atoms with Crippen molar-refractivity contribution in [1.29, 1.82) is 0 Å². The summed E-state index contributed by atoms with van der Waals surface area (Å²) < 4.78 is 49.8. The number of rotatable bonds is 3. The quantitative estimate of drug-likeness (QED) is 0.725. The van der Waals surface area contributed by atoms with E-state index in [2.05, 4.69) is 0 Å². The van der Waals surface area contributed by atoms with E-state index < -0.39 is 23.8 Å². The summed E-state index contributed by atoms with van der Waals surface area (Å²) in [4.78, 5) is 11.1. The van der Waals surface area contributed by atoms with E-state index in [1.165, 1.54) is 18.2 Å². The number of hydrogen-bond donors (Lipinski definition) is 1. The molecule has 0 radical (unpaired) electrons. The van der Waals surface area contributed by atoms with Crippen molar-refractivity contribution in [3.8, 4) is 17.2 Å². The van der Waals surface area contributed by atoms with Gasteiger partial charge in [0.1, 0.15) is 17.2 Å². The molecule has 0 amide bonds. The molecule has 3 rings (SSSR count). The first kappa shape index (κ1) is 18.4. The van der Waals surface area contributed by atoms with Crippen LogP contribution in [0, 0.1) is 0 Å². The molecule has 0 fully saturated rings. The molecular formula is C17H9Cl2F3O4. The molecule has 0 bridgehead atoms. The Balaban J connectivity index is 2.01. The fourth-order valence-electron chi connectivity index (χ4n) is 2.35. The van der Waals surface area contributed by atoms with Gasteiger partial charge in [0, 0.05) is 16.7 Å². The summed E-state index contributed by atoms with van der Waals surface area (Å²) in [6, 6.07) is 8.78. The van der Waals surface area contributed by atoms with Crippen LogP contribution in [0.3, 0.4) is 0 Å². The monoisotopic (exact) mass is 404 g/mol. The molecule has 2 aromatic carbocycles. The molecule has 136 valence electrons. The molecule has 1 atom stereocenters. The number of halogens is 5. The van der Waals surface area contributed by atoms with Crippen LogP contribution in [0.2, 0.25) is 10.0 Å². The van der Waals surface area contributed by atoms with E-state index in [0.29, 0.717) is 10.8 Å². The van der Waals surface area contributed by atoms with Crippen LogP contribution < -0.4 is 9.47 Å². The van der Waals surface area contributed by atoms with Crippen molar-refractivity contribution >= 4 is 35.2 Å². The molecule has 1 unspecified atom stereocenters. The van der Waals surface area contributed by atoms with Crippen molar-refractivity contribution in [3.05, 3.63) is 57.6 Å². The van der Waals surface area contributed by atoms with Gasteiger partial charge in [0.05, 0.1) is 10.6 Å². The van der Waals surface area contributed by atoms with Crippen LogP contribution in [-0.2, 0) is 4.79 Å². The van der Waals surface area contributed by atoms with E-state index in [1.807, 2.05) is 0 Å². The van der Waals surface area contributed by atoms with E-state index in [1.54, 1.807) is 18.2 Å². The SMILES string of the molecule is O=C(O)C1=Cc2cc(Cl)c(Oc3cccc(Cl)c3)cc2OC1C(F)(F)F. The smallest absolute Gasteiger partial charge is 0.430 e. The Kier molecular flexibility index (Phi) is 4.77. The van der Waals surface area contributed by atoms with Crippen molar-refractivity contribution in [2.75, 3.05) is 0 Å². The second kappa shape index (κ2) is 6.74. The molecule has 0 saturated heterocycles. The minimum absolute atomic E-state index is 0.0424. The fourth-order valence-corrected chi connectivity index (χ4v) is 2.74. The number of fused-ring (bicyclic) bond motifs is 1. The van der Waals surface area contributed by atoms with Crippen molar-refractivity contribution in [1.82, 2.24) is 0 Å². The number of carboxylic acid groups (broad SMARTS) is 1. The molecule has 4 nitrogen and oxygen atoms in total. The minimum atomic E-state index is -4.89. The Labute approximate surface area is 155 Å². The van der Waals surface area contributed by atoms with Crippen molar-refractivity contribution in [2.45, 2.75) is 12.3 Å². The second-order valence-electron chi connectivity index (χ2n) is 5.32. The largest absolute Gasteiger partial charge is 0.478 e. The molecule has 0 saturated carbocycles. The van der Waals surface area contributed by atoms with Gasteiger partial charge in [0.2, 0.25) is 6.10 Å². The normalized spacial score (nSPS) is 16.3. The number of aliphatic carboxylic acids is 1. The molecule has 9 heteroatoms. The van der Waals surface area contributed by atoms with Gasteiger partial charge in [0.25, 0.3) is 0 Å². The third-order valence-corrected chi connectivity index (χ3v) is 4.00. The van der Waals surface area contributed by atoms with Crippen LogP contribution in [-0.4, -0.2) is 23.4 Å². The summed E-state index contributed by atoms with van der Waals surface area (Å²) >= 11 is 11.9. The Morgan fingerprint density at radius 1 is 1.19 bits per heavy atom. The molecule has 0 aromatic heterocycles. The average molecular weight is 405 g/mol. The average Bonchev–Trinajstić information content (AvgIpc) is 2.53. The van der Waals surface area contributed by atoms with Gasteiger partial charge in [-0.2, -0.15) is 13.2 Å². The number of carboxylic acids is 1. The Bertz CT molecular complexity index is 909. The van der Waals surface area contributed by atoms with Crippen LogP contribution in [0.15, 0.2) is 42.0 Å². The number of benzene rings is 2. The van der Waals surface area contributed by atoms with Gasteiger partial charge in [-0.15, -0.1) is 0 Å². The molecule has 1 N–H and O–H groups in total. The van der Waals surface area contributed by atoms with Gasteiger partial charge in [-0.1, -0.05) is 29.3 Å². The zero-order valence-corrected chi connectivity index (χ0v) is 14.2. The highest BCUT2D eigenvalue weighted by Crippen LogP contribution is 2.42. The number of carbonyl (C=O) groups is 1. The summed E-state index contributed by atoms with van der Waals surface area (Å²) in [5.41, 5.74) is -0.823. The molecule has 1 aliphatic rings. The van der Waals surface area contributed by atoms with Gasteiger partial charge in [-0.05, 0) is 30.3 Å². The van der Waals surface area contributed by atoms with Gasteiger partial charge < -0.3 is 14.6 Å². The zero-order valence-electron chi connectivity index (χ0n) is 12.7. The lowest BCUT2D eigenvalue weighted by Gasteiger charge is -2.27. The highest BCUT2D eigenvalue weighted by atomic mass is 35.5. The highest BCUT2D eigenvalue weighted by molar-refractivity contribution is 6.32. The van der Waals surface area contributed by atoms with E-state index in [9.17, 15) is 18.0 Å². The standard InChI is InChI=1S/C17H9Cl2F3O4/c18-9-2-1-3-10(6-9)25-14-7-13-8(5-12(14)19)4-11(16(23)24)15(26-13)17(20,21)22/h1-7,15H,(H,23,24). The van der Waals surface area contributed by atoms with Crippen molar-refractivity contribution < 1.29 is 32.5 Å². The Morgan fingerprint density at radius 3 is 2.54 bits per heavy atom. The lowest BCUT2D eigenvalue weighted by Crippen LogP contribution is -2.40. The van der Waals surface area contributed by atoms with Crippen LogP contribution >= 0.6 is 23.2 Å². The second-order valence-corrected chi connectivity index (χ2v) is 6.17. The number of hydrogen-bond acceptors (Lipinski definition) is 3. The van der Waals surface area contributed by atoms with Crippen molar-refractivity contribution in [3.63, 3.8) is 0 Å². The van der Waals surface area contributed by atoms with E-state index >= 15 is 0 Å². The highest BCUT2D eigenvalue weighted by Gasteiger charge is 2.48. The van der Waals surface area contributed by atoms with Gasteiger partial charge in [0.15, 0.2) is 0 Å². The maximum atomic E-state index is 13.1. The predicted octanol–water partition coefficient (Wildman–Crippen LogP) is 5.58. The minimum Gasteiger partial charge on any atom is -0.478 e. The first-order valence-corrected chi connectivity index (χ1v) is 7.86. The number of alkyl halides is 3. The van der Waals surface area contributed by atoms with Crippen LogP contribution in [0.4, 0.5) is 13.2 Å². The zero-order chi connectivity index (χ0) is 19.1. The summed E-state index contributed by atoms with van der Waals surface area (Å²) in [6.45, 7) is 0. The maximum absolute atomic E-state index is 13.1.